The van der Waals surface area contributed by atoms with Crippen LogP contribution in [0.15, 0.2) is 37.1 Å². The third-order valence-corrected chi connectivity index (χ3v) is 3.40. The number of nitrogens with two attached hydrogens (primary N) is 1. The number of imidazole rings is 1. The zero-order valence-corrected chi connectivity index (χ0v) is 12.0. The number of nitrogens with one attached hydrogen (secondary N) is 1. The Balaban J connectivity index is 1.95. The molecule has 0 saturated heterocycles. The van der Waals surface area contributed by atoms with Gasteiger partial charge in [0.2, 0.25) is 5.91 Å². The summed E-state index contributed by atoms with van der Waals surface area (Å²) in [5.74, 6) is 1.43. The maximum Gasteiger partial charge on any atom is 0.241 e. The largest absolute Gasteiger partial charge is 0.323 e. The van der Waals surface area contributed by atoms with E-state index in [2.05, 4.69) is 15.3 Å². The second-order valence-corrected chi connectivity index (χ2v) is 5.24. The lowest BCUT2D eigenvalue weighted by Crippen LogP contribution is -2.36. The van der Waals surface area contributed by atoms with E-state index in [1.807, 2.05) is 12.3 Å². The van der Waals surface area contributed by atoms with Crippen LogP contribution in [0.3, 0.4) is 0 Å². The van der Waals surface area contributed by atoms with Crippen molar-refractivity contribution in [3.63, 3.8) is 0 Å². The Morgan fingerprint density at radius 2 is 2.40 bits per heavy atom. The molecule has 6 nitrogen and oxygen atoms in total. The lowest BCUT2D eigenvalue weighted by atomic mass is 10.2. The molecule has 0 aromatic carbocycles. The Morgan fingerprint density at radius 1 is 1.55 bits per heavy atom. The number of hydrogen-bond donors (Lipinski definition) is 2. The standard InChI is InChI=1S/C13H17N5OS/c1-20-7-4-11(14)13(19)17-10-2-3-12(16-8-10)18-6-5-15-9-18/h2-3,5-6,8-9,11H,4,7,14H2,1H3,(H,17,19)/t11-/m1/s1. The van der Waals surface area contributed by atoms with Crippen molar-refractivity contribution in [3.05, 3.63) is 37.1 Å². The van der Waals surface area contributed by atoms with Gasteiger partial charge in [-0.25, -0.2) is 9.97 Å². The van der Waals surface area contributed by atoms with Crippen molar-refractivity contribution in [2.75, 3.05) is 17.3 Å². The Labute approximate surface area is 121 Å². The van der Waals surface area contributed by atoms with Crippen LogP contribution >= 0.6 is 11.8 Å². The fourth-order valence-corrected chi connectivity index (χ4v) is 2.11. The number of aromatic nitrogens is 3. The molecule has 7 heteroatoms. The highest BCUT2D eigenvalue weighted by Crippen LogP contribution is 2.10. The van der Waals surface area contributed by atoms with Crippen LogP contribution in [0.1, 0.15) is 6.42 Å². The second-order valence-electron chi connectivity index (χ2n) is 4.25. The molecular formula is C13H17N5OS. The summed E-state index contributed by atoms with van der Waals surface area (Å²) in [5, 5.41) is 2.76. The van der Waals surface area contributed by atoms with Gasteiger partial charge in [0.15, 0.2) is 0 Å². The van der Waals surface area contributed by atoms with Crippen LogP contribution < -0.4 is 11.1 Å². The summed E-state index contributed by atoms with van der Waals surface area (Å²) in [6, 6.07) is 3.11. The molecular weight excluding hydrogens is 274 g/mol. The summed E-state index contributed by atoms with van der Waals surface area (Å²) in [7, 11) is 0. The van der Waals surface area contributed by atoms with Crippen LogP contribution in [0.5, 0.6) is 0 Å². The summed E-state index contributed by atoms with van der Waals surface area (Å²) < 4.78 is 1.79. The van der Waals surface area contributed by atoms with E-state index < -0.39 is 6.04 Å². The average molecular weight is 291 g/mol. The number of hydrogen-bond acceptors (Lipinski definition) is 5. The van der Waals surface area contributed by atoms with Crippen molar-refractivity contribution in [3.8, 4) is 5.82 Å². The Morgan fingerprint density at radius 3 is 3.00 bits per heavy atom. The number of thioether (sulfide) groups is 1. The van der Waals surface area contributed by atoms with Gasteiger partial charge >= 0.3 is 0 Å². The van der Waals surface area contributed by atoms with Crippen LogP contribution in [0.25, 0.3) is 5.82 Å². The predicted octanol–water partition coefficient (Wildman–Crippen LogP) is 1.29. The Kier molecular flexibility index (Phi) is 5.14. The molecule has 3 N–H and O–H groups in total. The molecule has 2 rings (SSSR count). The van der Waals surface area contributed by atoms with E-state index in [9.17, 15) is 4.79 Å². The van der Waals surface area contributed by atoms with Gasteiger partial charge in [-0.1, -0.05) is 0 Å². The topological polar surface area (TPSA) is 85.8 Å². The summed E-state index contributed by atoms with van der Waals surface area (Å²) in [6.45, 7) is 0. The van der Waals surface area contributed by atoms with Gasteiger partial charge < -0.3 is 11.1 Å². The molecule has 20 heavy (non-hydrogen) atoms. The van der Waals surface area contributed by atoms with Gasteiger partial charge in [0.25, 0.3) is 0 Å². The second kappa shape index (κ2) is 7.06. The molecule has 2 heterocycles. The Bertz CT molecular complexity index is 540. The van der Waals surface area contributed by atoms with E-state index >= 15 is 0 Å². The lowest BCUT2D eigenvalue weighted by molar-refractivity contribution is -0.117. The van der Waals surface area contributed by atoms with E-state index in [0.29, 0.717) is 12.1 Å². The molecule has 2 aromatic heterocycles. The molecule has 0 aliphatic heterocycles. The normalized spacial score (nSPS) is 12.1. The molecule has 1 amide bonds. The average Bonchev–Trinajstić information content (AvgIpc) is 2.99. The van der Waals surface area contributed by atoms with E-state index in [-0.39, 0.29) is 5.91 Å². The first-order valence-corrected chi connectivity index (χ1v) is 7.60. The molecule has 0 fully saturated rings. The summed E-state index contributed by atoms with van der Waals surface area (Å²) in [4.78, 5) is 20.1. The predicted molar refractivity (Wildman–Crippen MR) is 81.0 cm³/mol. The number of anilines is 1. The molecule has 106 valence electrons. The van der Waals surface area contributed by atoms with Gasteiger partial charge in [-0.05, 0) is 30.6 Å². The van der Waals surface area contributed by atoms with Gasteiger partial charge in [0, 0.05) is 12.4 Å². The zero-order chi connectivity index (χ0) is 14.4. The molecule has 0 bridgehead atoms. The minimum atomic E-state index is -0.490. The highest BCUT2D eigenvalue weighted by molar-refractivity contribution is 7.98. The number of rotatable bonds is 6. The lowest BCUT2D eigenvalue weighted by Gasteiger charge is -2.11. The van der Waals surface area contributed by atoms with Crippen molar-refractivity contribution in [2.24, 2.45) is 5.73 Å². The van der Waals surface area contributed by atoms with Crippen LogP contribution in [-0.4, -0.2) is 38.5 Å². The van der Waals surface area contributed by atoms with E-state index in [4.69, 9.17) is 5.73 Å². The Hall–Kier alpha value is -1.86. The van der Waals surface area contributed by atoms with Crippen LogP contribution in [-0.2, 0) is 4.79 Å². The molecule has 0 aliphatic carbocycles. The highest BCUT2D eigenvalue weighted by atomic mass is 32.2. The third-order valence-electron chi connectivity index (χ3n) is 2.75. The first-order chi connectivity index (χ1) is 9.70. The van der Waals surface area contributed by atoms with Gasteiger partial charge in [-0.3, -0.25) is 9.36 Å². The maximum atomic E-state index is 11.8. The number of pyridine rings is 1. The van der Waals surface area contributed by atoms with Crippen molar-refractivity contribution in [1.82, 2.24) is 14.5 Å². The summed E-state index contributed by atoms with van der Waals surface area (Å²) in [6.07, 6.45) is 9.41. The first kappa shape index (κ1) is 14.5. The molecule has 0 radical (unpaired) electrons. The highest BCUT2D eigenvalue weighted by Gasteiger charge is 2.13. The maximum absolute atomic E-state index is 11.8. The number of amides is 1. The minimum absolute atomic E-state index is 0.184. The van der Waals surface area contributed by atoms with Crippen molar-refractivity contribution in [2.45, 2.75) is 12.5 Å². The fourth-order valence-electron chi connectivity index (χ4n) is 1.62. The van der Waals surface area contributed by atoms with Crippen LogP contribution in [0, 0.1) is 0 Å². The summed E-state index contributed by atoms with van der Waals surface area (Å²) >= 11 is 1.67. The van der Waals surface area contributed by atoms with Crippen molar-refractivity contribution in [1.29, 1.82) is 0 Å². The molecule has 2 aromatic rings. The van der Waals surface area contributed by atoms with Crippen molar-refractivity contribution < 1.29 is 4.79 Å². The molecule has 0 unspecified atom stereocenters. The van der Waals surface area contributed by atoms with Crippen LogP contribution in [0.4, 0.5) is 5.69 Å². The van der Waals surface area contributed by atoms with E-state index in [1.165, 1.54) is 0 Å². The monoisotopic (exact) mass is 291 g/mol. The summed E-state index contributed by atoms with van der Waals surface area (Å²) in [5.41, 5.74) is 6.44. The zero-order valence-electron chi connectivity index (χ0n) is 11.2. The van der Waals surface area contributed by atoms with Gasteiger partial charge in [-0.15, -0.1) is 0 Å². The molecule has 0 spiro atoms. The molecule has 0 saturated carbocycles. The molecule has 0 aliphatic rings. The third kappa shape index (κ3) is 3.82. The SMILES string of the molecule is CSCC[C@@H](N)C(=O)Nc1ccc(-n2ccnc2)nc1. The van der Waals surface area contributed by atoms with Gasteiger partial charge in [0.05, 0.1) is 17.9 Å². The van der Waals surface area contributed by atoms with Gasteiger partial charge in [-0.2, -0.15) is 11.8 Å². The smallest absolute Gasteiger partial charge is 0.241 e. The van der Waals surface area contributed by atoms with Crippen molar-refractivity contribution >= 4 is 23.4 Å². The molecule has 1 atom stereocenters. The van der Waals surface area contributed by atoms with E-state index in [1.54, 1.807) is 47.3 Å². The number of carbonyl (C=O) groups is 1. The number of nitrogens with zero attached hydrogens (tertiary/aromatic N) is 3. The first-order valence-electron chi connectivity index (χ1n) is 6.20. The van der Waals surface area contributed by atoms with E-state index in [0.717, 1.165) is 11.6 Å². The fraction of sp³-hybridized carbons (Fsp3) is 0.308. The number of carbonyl (C=O) groups excluding carboxylic acids is 1. The van der Waals surface area contributed by atoms with Gasteiger partial charge in [0.1, 0.15) is 12.1 Å². The quantitative estimate of drug-likeness (QED) is 0.837. The minimum Gasteiger partial charge on any atom is -0.323 e. The van der Waals surface area contributed by atoms with Crippen LogP contribution in [0.2, 0.25) is 0 Å².